The van der Waals surface area contributed by atoms with Crippen molar-refractivity contribution in [1.82, 2.24) is 0 Å². The Morgan fingerprint density at radius 2 is 1.46 bits per heavy atom. The molecule has 1 nitrogen and oxygen atoms in total. The quantitative estimate of drug-likeness (QED) is 0.618. The van der Waals surface area contributed by atoms with Gasteiger partial charge in [-0.15, -0.1) is 0 Å². The maximum absolute atomic E-state index is 4.97. The molecule has 0 unspecified atom stereocenters. The first kappa shape index (κ1) is 14.3. The second-order valence-electron chi connectivity index (χ2n) is 1.60. The summed E-state index contributed by atoms with van der Waals surface area (Å²) in [7, 11) is 0. The molecule has 1 aromatic rings. The van der Waals surface area contributed by atoms with Crippen LogP contribution in [0.25, 0.3) is 0 Å². The van der Waals surface area contributed by atoms with Crippen LogP contribution in [0.4, 0.5) is 0 Å². The summed E-state index contributed by atoms with van der Waals surface area (Å²) in [6, 6.07) is 9.52. The van der Waals surface area contributed by atoms with E-state index in [-0.39, 0.29) is 0 Å². The third kappa shape index (κ3) is 8.67. The van der Waals surface area contributed by atoms with E-state index in [2.05, 4.69) is 6.58 Å². The highest BCUT2D eigenvalue weighted by molar-refractivity contribution is 5.21. The van der Waals surface area contributed by atoms with E-state index in [4.69, 9.17) is 4.74 Å². The van der Waals surface area contributed by atoms with E-state index >= 15 is 0 Å². The van der Waals surface area contributed by atoms with E-state index in [9.17, 15) is 0 Å². The molecule has 1 heteroatoms. The fraction of sp³-hybridized carbons (Fsp3) is 0.333. The minimum absolute atomic E-state index is 0.826. The van der Waals surface area contributed by atoms with Gasteiger partial charge in [-0.2, -0.15) is 0 Å². The highest BCUT2D eigenvalue weighted by atomic mass is 16.5. The van der Waals surface area contributed by atoms with Crippen LogP contribution < -0.4 is 4.74 Å². The zero-order valence-electron chi connectivity index (χ0n) is 9.08. The molecule has 13 heavy (non-hydrogen) atoms. The van der Waals surface area contributed by atoms with Gasteiger partial charge >= 0.3 is 0 Å². The third-order valence-electron chi connectivity index (χ3n) is 0.963. The molecule has 0 aliphatic carbocycles. The summed E-state index contributed by atoms with van der Waals surface area (Å²) >= 11 is 0. The number of para-hydroxylation sites is 1. The predicted molar refractivity (Wildman–Crippen MR) is 60.0 cm³/mol. The van der Waals surface area contributed by atoms with Crippen molar-refractivity contribution in [2.24, 2.45) is 0 Å². The lowest BCUT2D eigenvalue weighted by Gasteiger charge is -1.95. The zero-order chi connectivity index (χ0) is 10.5. The van der Waals surface area contributed by atoms with Crippen LogP contribution in [0.2, 0.25) is 0 Å². The Hall–Kier alpha value is -1.24. The Morgan fingerprint density at radius 1 is 1.00 bits per heavy atom. The van der Waals surface area contributed by atoms with E-state index in [0.717, 1.165) is 5.75 Å². The Labute approximate surface area is 82.1 Å². The van der Waals surface area contributed by atoms with Crippen molar-refractivity contribution in [2.45, 2.75) is 27.7 Å². The molecule has 0 saturated heterocycles. The summed E-state index contributed by atoms with van der Waals surface area (Å²) < 4.78 is 4.97. The van der Waals surface area contributed by atoms with Crippen LogP contribution in [0.15, 0.2) is 43.2 Å². The summed E-state index contributed by atoms with van der Waals surface area (Å²) in [5.41, 5.74) is 0. The Kier molecular flexibility index (Phi) is 14.7. The summed E-state index contributed by atoms with van der Waals surface area (Å²) in [4.78, 5) is 0. The lowest BCUT2D eigenvalue weighted by atomic mass is 10.3. The van der Waals surface area contributed by atoms with Crippen molar-refractivity contribution in [3.05, 3.63) is 43.2 Å². The molecule has 0 amide bonds. The Bertz CT molecular complexity index is 180. The Morgan fingerprint density at radius 3 is 1.85 bits per heavy atom. The van der Waals surface area contributed by atoms with E-state index in [1.165, 1.54) is 6.26 Å². The molecule has 0 atom stereocenters. The van der Waals surface area contributed by atoms with Gasteiger partial charge in [0.2, 0.25) is 0 Å². The molecule has 0 spiro atoms. The van der Waals surface area contributed by atoms with Crippen LogP contribution in [0.5, 0.6) is 5.75 Å². The van der Waals surface area contributed by atoms with Crippen molar-refractivity contribution in [3.63, 3.8) is 0 Å². The van der Waals surface area contributed by atoms with Crippen molar-refractivity contribution < 1.29 is 4.74 Å². The number of hydrogen-bond donors (Lipinski definition) is 0. The highest BCUT2D eigenvalue weighted by Gasteiger charge is 1.82. The van der Waals surface area contributed by atoms with Crippen LogP contribution in [0.3, 0.4) is 0 Å². The monoisotopic (exact) mass is 180 g/mol. The van der Waals surface area contributed by atoms with Gasteiger partial charge in [-0.1, -0.05) is 52.5 Å². The summed E-state index contributed by atoms with van der Waals surface area (Å²) in [6.45, 7) is 11.4. The van der Waals surface area contributed by atoms with Gasteiger partial charge in [0, 0.05) is 0 Å². The predicted octanol–water partition coefficient (Wildman–Crippen LogP) is 4.26. The molecule has 74 valence electrons. The van der Waals surface area contributed by atoms with Crippen LogP contribution in [-0.4, -0.2) is 0 Å². The minimum Gasteiger partial charge on any atom is -0.466 e. The van der Waals surface area contributed by atoms with Gasteiger partial charge in [-0.25, -0.2) is 0 Å². The van der Waals surface area contributed by atoms with Gasteiger partial charge in [0.25, 0.3) is 0 Å². The van der Waals surface area contributed by atoms with E-state index in [0.29, 0.717) is 0 Å². The fourth-order valence-corrected chi connectivity index (χ4v) is 0.595. The smallest absolute Gasteiger partial charge is 0.126 e. The molecular formula is C12H20O. The molecule has 0 aliphatic heterocycles. The maximum atomic E-state index is 4.97. The fourth-order valence-electron chi connectivity index (χ4n) is 0.595. The van der Waals surface area contributed by atoms with Crippen LogP contribution in [-0.2, 0) is 0 Å². The molecule has 0 fully saturated rings. The van der Waals surface area contributed by atoms with Gasteiger partial charge in [-0.3, -0.25) is 0 Å². The van der Waals surface area contributed by atoms with Gasteiger partial charge in [0.05, 0.1) is 6.26 Å². The molecule has 0 saturated carbocycles. The summed E-state index contributed by atoms with van der Waals surface area (Å²) in [5.74, 6) is 0.826. The zero-order valence-corrected chi connectivity index (χ0v) is 9.08. The third-order valence-corrected chi connectivity index (χ3v) is 0.963. The first-order chi connectivity index (χ1) is 6.43. The first-order valence-electron chi connectivity index (χ1n) is 4.76. The van der Waals surface area contributed by atoms with Gasteiger partial charge in [-0.05, 0) is 12.1 Å². The van der Waals surface area contributed by atoms with E-state index < -0.39 is 0 Å². The topological polar surface area (TPSA) is 9.23 Å². The SMILES string of the molecule is C=COc1ccccc1.CC.CC. The lowest BCUT2D eigenvalue weighted by molar-refractivity contribution is 0.483. The molecule has 0 heterocycles. The largest absolute Gasteiger partial charge is 0.466 e. The number of rotatable bonds is 2. The molecule has 1 rings (SSSR count). The molecule has 0 aromatic heterocycles. The average molecular weight is 180 g/mol. The number of hydrogen-bond acceptors (Lipinski definition) is 1. The van der Waals surface area contributed by atoms with Crippen LogP contribution in [0, 0.1) is 0 Å². The van der Waals surface area contributed by atoms with Crippen LogP contribution in [0.1, 0.15) is 27.7 Å². The van der Waals surface area contributed by atoms with Crippen molar-refractivity contribution in [3.8, 4) is 5.75 Å². The van der Waals surface area contributed by atoms with Crippen molar-refractivity contribution >= 4 is 0 Å². The number of benzene rings is 1. The second-order valence-corrected chi connectivity index (χ2v) is 1.60. The standard InChI is InChI=1S/C8H8O.2C2H6/c1-2-9-8-6-4-3-5-7-8;2*1-2/h2-7H,1H2;2*1-2H3. The second kappa shape index (κ2) is 13.4. The van der Waals surface area contributed by atoms with E-state index in [1.807, 2.05) is 58.0 Å². The summed E-state index contributed by atoms with van der Waals surface area (Å²) in [6.07, 6.45) is 1.41. The van der Waals surface area contributed by atoms with Gasteiger partial charge in [0.1, 0.15) is 5.75 Å². The molecule has 0 N–H and O–H groups in total. The molecule has 1 aromatic carbocycles. The van der Waals surface area contributed by atoms with Crippen molar-refractivity contribution in [2.75, 3.05) is 0 Å². The molecule has 0 aliphatic rings. The Balaban J connectivity index is 0. The number of ether oxygens (including phenoxy) is 1. The van der Waals surface area contributed by atoms with E-state index in [1.54, 1.807) is 0 Å². The van der Waals surface area contributed by atoms with Gasteiger partial charge in [0.15, 0.2) is 0 Å². The normalized spacial score (nSPS) is 6.77. The van der Waals surface area contributed by atoms with Gasteiger partial charge < -0.3 is 4.74 Å². The average Bonchev–Trinajstić information content (AvgIpc) is 2.26. The first-order valence-corrected chi connectivity index (χ1v) is 4.76. The molecular weight excluding hydrogens is 160 g/mol. The minimum atomic E-state index is 0.826. The van der Waals surface area contributed by atoms with Crippen LogP contribution >= 0.6 is 0 Å². The lowest BCUT2D eigenvalue weighted by Crippen LogP contribution is -1.76. The van der Waals surface area contributed by atoms with Crippen molar-refractivity contribution in [1.29, 1.82) is 0 Å². The summed E-state index contributed by atoms with van der Waals surface area (Å²) in [5, 5.41) is 0. The maximum Gasteiger partial charge on any atom is 0.126 e. The molecule has 0 bridgehead atoms. The highest BCUT2D eigenvalue weighted by Crippen LogP contribution is 2.07. The molecule has 0 radical (unpaired) electrons.